The molecule has 1 aromatic heterocycles. The van der Waals surface area contributed by atoms with E-state index in [0.29, 0.717) is 11.4 Å². The van der Waals surface area contributed by atoms with E-state index in [0.717, 1.165) is 16.7 Å². The third kappa shape index (κ3) is 1.37. The number of nitrogens with one attached hydrogen (secondary N) is 1. The van der Waals surface area contributed by atoms with Gasteiger partial charge in [0.25, 0.3) is 0 Å². The quantitative estimate of drug-likeness (QED) is 0.549. The van der Waals surface area contributed by atoms with Crippen LogP contribution in [0, 0.1) is 13.8 Å². The van der Waals surface area contributed by atoms with Crippen molar-refractivity contribution in [1.82, 2.24) is 10.2 Å². The summed E-state index contributed by atoms with van der Waals surface area (Å²) < 4.78 is 0. The molecule has 0 aliphatic heterocycles. The highest BCUT2D eigenvalue weighted by molar-refractivity contribution is 5.79. The summed E-state index contributed by atoms with van der Waals surface area (Å²) in [6.45, 7) is 3.60. The second kappa shape index (κ2) is 3.44. The number of H-pyrrole nitrogens is 1. The van der Waals surface area contributed by atoms with Crippen LogP contribution in [0.2, 0.25) is 0 Å². The molecular formula is C11H13N3O2. The van der Waals surface area contributed by atoms with Crippen LogP contribution in [0.4, 0.5) is 5.82 Å². The van der Waals surface area contributed by atoms with Crippen LogP contribution >= 0.6 is 0 Å². The molecule has 0 bridgehead atoms. The molecule has 0 aliphatic carbocycles. The molecule has 0 fully saturated rings. The molecule has 5 heteroatoms. The van der Waals surface area contributed by atoms with E-state index >= 15 is 0 Å². The van der Waals surface area contributed by atoms with Gasteiger partial charge in [0.1, 0.15) is 5.82 Å². The van der Waals surface area contributed by atoms with Gasteiger partial charge in [-0.1, -0.05) is 0 Å². The summed E-state index contributed by atoms with van der Waals surface area (Å²) in [5.41, 5.74) is 8.70. The molecule has 16 heavy (non-hydrogen) atoms. The van der Waals surface area contributed by atoms with Crippen molar-refractivity contribution in [3.63, 3.8) is 0 Å². The first-order chi connectivity index (χ1) is 7.52. The molecule has 0 amide bonds. The number of anilines is 1. The van der Waals surface area contributed by atoms with Gasteiger partial charge in [-0.2, -0.15) is 5.10 Å². The number of aromatic nitrogens is 2. The van der Waals surface area contributed by atoms with E-state index in [-0.39, 0.29) is 11.5 Å². The third-order valence-electron chi connectivity index (χ3n) is 2.80. The van der Waals surface area contributed by atoms with Gasteiger partial charge in [0, 0.05) is 5.56 Å². The maximum atomic E-state index is 9.57. The number of nitrogens with zero attached hydrogens (tertiary/aromatic N) is 1. The molecule has 2 aromatic rings. The lowest BCUT2D eigenvalue weighted by Gasteiger charge is -2.11. The maximum Gasteiger partial charge on any atom is 0.160 e. The van der Waals surface area contributed by atoms with Crippen LogP contribution < -0.4 is 5.73 Å². The molecule has 0 spiro atoms. The molecule has 0 aliphatic rings. The van der Waals surface area contributed by atoms with Gasteiger partial charge in [0.15, 0.2) is 11.5 Å². The number of rotatable bonds is 1. The SMILES string of the molecule is Cc1c(-c2cn[nH]c2N)cc(O)c(O)c1C. The number of aromatic amines is 1. The van der Waals surface area contributed by atoms with Crippen molar-refractivity contribution in [2.24, 2.45) is 0 Å². The van der Waals surface area contributed by atoms with Gasteiger partial charge in [0.05, 0.1) is 6.20 Å². The average molecular weight is 219 g/mol. The molecule has 0 atom stereocenters. The van der Waals surface area contributed by atoms with Gasteiger partial charge in [0.2, 0.25) is 0 Å². The third-order valence-corrected chi connectivity index (χ3v) is 2.80. The Morgan fingerprint density at radius 1 is 1.19 bits per heavy atom. The Hall–Kier alpha value is -2.17. The minimum atomic E-state index is -0.154. The summed E-state index contributed by atoms with van der Waals surface area (Å²) in [5, 5.41) is 25.6. The molecule has 5 N–H and O–H groups in total. The fraction of sp³-hybridized carbons (Fsp3) is 0.182. The number of phenols is 2. The van der Waals surface area contributed by atoms with Crippen LogP contribution in [-0.2, 0) is 0 Å². The number of aromatic hydroxyl groups is 2. The van der Waals surface area contributed by atoms with Gasteiger partial charge in [-0.3, -0.25) is 5.10 Å². The Labute approximate surface area is 92.5 Å². The second-order valence-electron chi connectivity index (χ2n) is 3.74. The van der Waals surface area contributed by atoms with Crippen LogP contribution in [0.3, 0.4) is 0 Å². The number of hydrogen-bond donors (Lipinski definition) is 4. The van der Waals surface area contributed by atoms with Crippen LogP contribution in [0.1, 0.15) is 11.1 Å². The topological polar surface area (TPSA) is 95.2 Å². The Kier molecular flexibility index (Phi) is 2.23. The molecule has 0 unspecified atom stereocenters. The maximum absolute atomic E-state index is 9.57. The van der Waals surface area contributed by atoms with Crippen molar-refractivity contribution >= 4 is 5.82 Å². The Bertz CT molecular complexity index is 546. The minimum absolute atomic E-state index is 0.0942. The van der Waals surface area contributed by atoms with E-state index in [2.05, 4.69) is 10.2 Å². The Morgan fingerprint density at radius 2 is 1.88 bits per heavy atom. The van der Waals surface area contributed by atoms with Crippen molar-refractivity contribution in [3.8, 4) is 22.6 Å². The fourth-order valence-electron chi connectivity index (χ4n) is 1.68. The van der Waals surface area contributed by atoms with E-state index in [9.17, 15) is 10.2 Å². The zero-order valence-electron chi connectivity index (χ0n) is 9.07. The largest absolute Gasteiger partial charge is 0.504 e. The lowest BCUT2D eigenvalue weighted by atomic mass is 9.97. The van der Waals surface area contributed by atoms with E-state index in [1.165, 1.54) is 6.07 Å². The monoisotopic (exact) mass is 219 g/mol. The van der Waals surface area contributed by atoms with Crippen molar-refractivity contribution in [2.45, 2.75) is 13.8 Å². The fourth-order valence-corrected chi connectivity index (χ4v) is 1.68. The molecule has 5 nitrogen and oxygen atoms in total. The molecule has 0 saturated carbocycles. The standard InChI is InChI=1S/C11H13N3O2/c1-5-6(2)10(16)9(15)3-7(5)8-4-13-14-11(8)12/h3-4,15-16H,1-2H3,(H3,12,13,14). The summed E-state index contributed by atoms with van der Waals surface area (Å²) in [6.07, 6.45) is 1.59. The Morgan fingerprint density at radius 3 is 2.44 bits per heavy atom. The van der Waals surface area contributed by atoms with Crippen LogP contribution in [0.25, 0.3) is 11.1 Å². The normalized spacial score (nSPS) is 10.6. The highest BCUT2D eigenvalue weighted by Crippen LogP contribution is 2.38. The van der Waals surface area contributed by atoms with Crippen molar-refractivity contribution in [2.75, 3.05) is 5.73 Å². The smallest absolute Gasteiger partial charge is 0.160 e. The first-order valence-corrected chi connectivity index (χ1v) is 4.83. The summed E-state index contributed by atoms with van der Waals surface area (Å²) in [7, 11) is 0. The van der Waals surface area contributed by atoms with E-state index in [1.807, 2.05) is 6.92 Å². The summed E-state index contributed by atoms with van der Waals surface area (Å²) in [5.74, 6) is 0.189. The number of nitrogen functional groups attached to an aromatic ring is 1. The van der Waals surface area contributed by atoms with Gasteiger partial charge < -0.3 is 15.9 Å². The first kappa shape index (κ1) is 10.4. The molecule has 0 saturated heterocycles. The number of benzene rings is 1. The second-order valence-corrected chi connectivity index (χ2v) is 3.74. The molecule has 0 radical (unpaired) electrons. The van der Waals surface area contributed by atoms with Gasteiger partial charge in [-0.05, 0) is 36.6 Å². The zero-order valence-corrected chi connectivity index (χ0v) is 9.07. The molecular weight excluding hydrogens is 206 g/mol. The molecule has 1 aromatic carbocycles. The van der Waals surface area contributed by atoms with E-state index in [4.69, 9.17) is 5.73 Å². The number of phenolic OH excluding ortho intramolecular Hbond substituents is 2. The van der Waals surface area contributed by atoms with Crippen LogP contribution in [0.5, 0.6) is 11.5 Å². The summed E-state index contributed by atoms with van der Waals surface area (Å²) in [4.78, 5) is 0. The highest BCUT2D eigenvalue weighted by Gasteiger charge is 2.14. The predicted octanol–water partition coefficient (Wildman–Crippen LogP) is 1.69. The van der Waals surface area contributed by atoms with Gasteiger partial charge in [-0.15, -0.1) is 0 Å². The first-order valence-electron chi connectivity index (χ1n) is 4.83. The molecule has 84 valence electrons. The molecule has 2 rings (SSSR count). The molecule has 1 heterocycles. The predicted molar refractivity (Wildman–Crippen MR) is 61.2 cm³/mol. The number of hydrogen-bond acceptors (Lipinski definition) is 4. The summed E-state index contributed by atoms with van der Waals surface area (Å²) >= 11 is 0. The highest BCUT2D eigenvalue weighted by atomic mass is 16.3. The van der Waals surface area contributed by atoms with E-state index in [1.54, 1.807) is 13.1 Å². The van der Waals surface area contributed by atoms with Gasteiger partial charge in [-0.25, -0.2) is 0 Å². The summed E-state index contributed by atoms with van der Waals surface area (Å²) in [6, 6.07) is 1.48. The average Bonchev–Trinajstić information content (AvgIpc) is 2.67. The Balaban J connectivity index is 2.72. The lowest BCUT2D eigenvalue weighted by Crippen LogP contribution is -1.92. The zero-order chi connectivity index (χ0) is 11.9. The van der Waals surface area contributed by atoms with Crippen molar-refractivity contribution < 1.29 is 10.2 Å². The van der Waals surface area contributed by atoms with E-state index < -0.39 is 0 Å². The lowest BCUT2D eigenvalue weighted by molar-refractivity contribution is 0.401. The van der Waals surface area contributed by atoms with Gasteiger partial charge >= 0.3 is 0 Å². The van der Waals surface area contributed by atoms with Crippen LogP contribution in [0.15, 0.2) is 12.3 Å². The van der Waals surface area contributed by atoms with Crippen LogP contribution in [-0.4, -0.2) is 20.4 Å². The minimum Gasteiger partial charge on any atom is -0.504 e. The van der Waals surface area contributed by atoms with Crippen molar-refractivity contribution in [3.05, 3.63) is 23.4 Å². The number of nitrogens with two attached hydrogens (primary N) is 1. The van der Waals surface area contributed by atoms with Crippen molar-refractivity contribution in [1.29, 1.82) is 0 Å².